The number of carbonyl (C=O) groups is 1. The molecule has 0 aliphatic carbocycles. The van der Waals surface area contributed by atoms with Gasteiger partial charge in [0.25, 0.3) is 0 Å². The zero-order chi connectivity index (χ0) is 21.7. The molecule has 1 fully saturated rings. The van der Waals surface area contributed by atoms with E-state index in [0.717, 1.165) is 5.56 Å². The summed E-state index contributed by atoms with van der Waals surface area (Å²) in [4.78, 5) is 16.5. The highest BCUT2D eigenvalue weighted by molar-refractivity contribution is 6.29. The molecular formula is C20H22ClNO8. The zero-order valence-electron chi connectivity index (χ0n) is 16.1. The summed E-state index contributed by atoms with van der Waals surface area (Å²) in [6.07, 6.45) is -6.67. The number of pyridine rings is 1. The van der Waals surface area contributed by atoms with E-state index in [9.17, 15) is 20.1 Å². The van der Waals surface area contributed by atoms with Crippen LogP contribution in [0.5, 0.6) is 5.88 Å². The number of aliphatic hydroxyl groups excluding tert-OH is 3. The second kappa shape index (κ2) is 10.2. The minimum absolute atomic E-state index is 0.0412. The minimum Gasteiger partial charge on any atom is -0.473 e. The van der Waals surface area contributed by atoms with Gasteiger partial charge in [0.2, 0.25) is 5.88 Å². The number of benzene rings is 1. The van der Waals surface area contributed by atoms with Crippen LogP contribution in [0.4, 0.5) is 0 Å². The van der Waals surface area contributed by atoms with Crippen LogP contribution in [0.2, 0.25) is 5.15 Å². The van der Waals surface area contributed by atoms with Crippen molar-refractivity contribution in [2.75, 3.05) is 13.7 Å². The van der Waals surface area contributed by atoms with Crippen molar-refractivity contribution in [1.29, 1.82) is 0 Å². The Morgan fingerprint density at radius 1 is 1.13 bits per heavy atom. The first-order valence-electron chi connectivity index (χ1n) is 9.13. The third kappa shape index (κ3) is 5.45. The van der Waals surface area contributed by atoms with E-state index < -0.39 is 36.7 Å². The first kappa shape index (κ1) is 22.4. The lowest BCUT2D eigenvalue weighted by molar-refractivity contribution is -0.294. The predicted octanol–water partition coefficient (Wildman–Crippen LogP) is 0.925. The van der Waals surface area contributed by atoms with E-state index in [0.29, 0.717) is 0 Å². The Labute approximate surface area is 177 Å². The number of aromatic nitrogens is 1. The van der Waals surface area contributed by atoms with Gasteiger partial charge in [-0.2, -0.15) is 0 Å². The van der Waals surface area contributed by atoms with E-state index in [1.165, 1.54) is 19.2 Å². The van der Waals surface area contributed by atoms with Crippen molar-refractivity contribution in [2.24, 2.45) is 0 Å². The molecule has 1 aromatic heterocycles. The van der Waals surface area contributed by atoms with Crippen LogP contribution in [0.3, 0.4) is 0 Å². The number of hydrogen-bond donors (Lipinski definition) is 3. The van der Waals surface area contributed by atoms with E-state index in [4.69, 9.17) is 30.5 Å². The molecule has 3 N–H and O–H groups in total. The molecule has 0 spiro atoms. The summed E-state index contributed by atoms with van der Waals surface area (Å²) in [5.74, 6) is -0.612. The van der Waals surface area contributed by atoms with Crippen molar-refractivity contribution in [1.82, 2.24) is 4.98 Å². The van der Waals surface area contributed by atoms with Gasteiger partial charge >= 0.3 is 5.97 Å². The number of esters is 1. The Morgan fingerprint density at radius 2 is 1.87 bits per heavy atom. The number of methoxy groups -OCH3 is 1. The molecule has 9 nitrogen and oxygen atoms in total. The maximum Gasteiger partial charge on any atom is 0.338 e. The number of hydrogen-bond acceptors (Lipinski definition) is 9. The van der Waals surface area contributed by atoms with Crippen LogP contribution in [-0.4, -0.2) is 70.7 Å². The van der Waals surface area contributed by atoms with Gasteiger partial charge in [0.05, 0.1) is 5.56 Å². The first-order chi connectivity index (χ1) is 14.4. The summed E-state index contributed by atoms with van der Waals surface area (Å²) in [6, 6.07) is 12.1. The molecule has 30 heavy (non-hydrogen) atoms. The van der Waals surface area contributed by atoms with Gasteiger partial charge in [0.15, 0.2) is 6.29 Å². The van der Waals surface area contributed by atoms with Gasteiger partial charge in [-0.15, -0.1) is 0 Å². The van der Waals surface area contributed by atoms with E-state index in [-0.39, 0.29) is 29.8 Å². The number of aliphatic hydroxyl groups is 3. The zero-order valence-corrected chi connectivity index (χ0v) is 16.8. The van der Waals surface area contributed by atoms with Crippen LogP contribution in [0.1, 0.15) is 15.9 Å². The highest BCUT2D eigenvalue weighted by Crippen LogP contribution is 2.23. The molecule has 0 saturated carbocycles. The molecule has 10 heteroatoms. The summed E-state index contributed by atoms with van der Waals surface area (Å²) >= 11 is 5.98. The molecule has 0 unspecified atom stereocenters. The lowest BCUT2D eigenvalue weighted by Gasteiger charge is -2.39. The number of carbonyl (C=O) groups excluding carboxylic acids is 1. The van der Waals surface area contributed by atoms with Crippen LogP contribution >= 0.6 is 11.6 Å². The van der Waals surface area contributed by atoms with Gasteiger partial charge in [0, 0.05) is 13.2 Å². The summed E-state index contributed by atoms with van der Waals surface area (Å²) in [7, 11) is 1.28. The highest BCUT2D eigenvalue weighted by atomic mass is 35.5. The molecule has 1 aliphatic heterocycles. The van der Waals surface area contributed by atoms with E-state index in [1.54, 1.807) is 0 Å². The van der Waals surface area contributed by atoms with Gasteiger partial charge in [-0.25, -0.2) is 9.78 Å². The second-order valence-corrected chi connectivity index (χ2v) is 7.03. The van der Waals surface area contributed by atoms with Gasteiger partial charge in [-0.05, 0) is 11.6 Å². The average Bonchev–Trinajstić information content (AvgIpc) is 2.76. The smallest absolute Gasteiger partial charge is 0.338 e. The number of nitrogens with zero attached hydrogens (tertiary/aromatic N) is 1. The Morgan fingerprint density at radius 3 is 2.57 bits per heavy atom. The van der Waals surface area contributed by atoms with Crippen LogP contribution in [0.15, 0.2) is 42.5 Å². The fourth-order valence-corrected chi connectivity index (χ4v) is 3.09. The molecule has 2 aromatic rings. The fraction of sp³-hybridized carbons (Fsp3) is 0.400. The predicted molar refractivity (Wildman–Crippen MR) is 104 cm³/mol. The number of rotatable bonds is 7. The molecule has 0 radical (unpaired) electrons. The molecule has 3 rings (SSSR count). The number of ether oxygens (including phenoxy) is 4. The number of halogens is 1. The maximum atomic E-state index is 12.4. The Hall–Kier alpha value is -2.27. The van der Waals surface area contributed by atoms with Crippen molar-refractivity contribution in [3.8, 4) is 5.88 Å². The quantitative estimate of drug-likeness (QED) is 0.426. The normalized spacial score (nSPS) is 26.2. The standard InChI is InChI=1S/C20H22ClNO8/c1-27-20-18(25)17(24)16(23)13(30-20)10-29-19(26)12-7-14(21)22-15(8-12)28-9-11-5-3-2-4-6-11/h2-8,13,16-18,20,23-25H,9-10H2,1H3/t13-,16-,17+,18-,20+/m1/s1. The molecule has 0 amide bonds. The molecule has 1 saturated heterocycles. The highest BCUT2D eigenvalue weighted by Gasteiger charge is 2.44. The van der Waals surface area contributed by atoms with Gasteiger partial charge in [-0.3, -0.25) is 0 Å². The maximum absolute atomic E-state index is 12.4. The van der Waals surface area contributed by atoms with Gasteiger partial charge in [-0.1, -0.05) is 41.9 Å². The van der Waals surface area contributed by atoms with Crippen molar-refractivity contribution < 1.29 is 39.1 Å². The lowest BCUT2D eigenvalue weighted by Crippen LogP contribution is -2.59. The van der Waals surface area contributed by atoms with Gasteiger partial charge < -0.3 is 34.3 Å². The van der Waals surface area contributed by atoms with Crippen molar-refractivity contribution in [3.63, 3.8) is 0 Å². The molecule has 2 heterocycles. The van der Waals surface area contributed by atoms with E-state index in [1.807, 2.05) is 30.3 Å². The average molecular weight is 440 g/mol. The Balaban J connectivity index is 1.61. The van der Waals surface area contributed by atoms with Crippen molar-refractivity contribution in [2.45, 2.75) is 37.3 Å². The third-order valence-corrected chi connectivity index (χ3v) is 4.71. The van der Waals surface area contributed by atoms with Crippen LogP contribution in [0.25, 0.3) is 0 Å². The molecule has 5 atom stereocenters. The van der Waals surface area contributed by atoms with Crippen LogP contribution in [-0.2, 0) is 20.8 Å². The fourth-order valence-electron chi connectivity index (χ4n) is 2.89. The molecular weight excluding hydrogens is 418 g/mol. The topological polar surface area (TPSA) is 128 Å². The van der Waals surface area contributed by atoms with Crippen molar-refractivity contribution >= 4 is 17.6 Å². The Kier molecular flexibility index (Phi) is 7.59. The SMILES string of the molecule is CO[C@H]1O[C@H](COC(=O)c2cc(Cl)nc(OCc3ccccc3)c2)[C@@H](O)[C@H](O)[C@H]1O. The summed E-state index contributed by atoms with van der Waals surface area (Å²) in [6.45, 7) is -0.146. The summed E-state index contributed by atoms with van der Waals surface area (Å²) in [5, 5.41) is 29.7. The summed E-state index contributed by atoms with van der Waals surface area (Å²) < 4.78 is 21.0. The largest absolute Gasteiger partial charge is 0.473 e. The van der Waals surface area contributed by atoms with E-state index >= 15 is 0 Å². The monoisotopic (exact) mass is 439 g/mol. The van der Waals surface area contributed by atoms with Gasteiger partial charge in [0.1, 0.15) is 42.8 Å². The van der Waals surface area contributed by atoms with Crippen LogP contribution < -0.4 is 4.74 Å². The van der Waals surface area contributed by atoms with Crippen molar-refractivity contribution in [3.05, 3.63) is 58.7 Å². The molecule has 1 aromatic carbocycles. The lowest BCUT2D eigenvalue weighted by atomic mass is 9.99. The van der Waals surface area contributed by atoms with Crippen LogP contribution in [0, 0.1) is 0 Å². The first-order valence-corrected chi connectivity index (χ1v) is 9.50. The molecule has 1 aliphatic rings. The third-order valence-electron chi connectivity index (χ3n) is 4.52. The second-order valence-electron chi connectivity index (χ2n) is 6.64. The molecule has 0 bridgehead atoms. The minimum atomic E-state index is -1.51. The van der Waals surface area contributed by atoms with E-state index in [2.05, 4.69) is 4.98 Å². The molecule has 162 valence electrons. The summed E-state index contributed by atoms with van der Waals surface area (Å²) in [5.41, 5.74) is 1.01. The Bertz CT molecular complexity index is 850.